The zero-order valence-electron chi connectivity index (χ0n) is 17.6. The second kappa shape index (κ2) is 7.81. The second-order valence-corrected chi connectivity index (χ2v) is 8.54. The first-order chi connectivity index (χ1) is 15.4. The van der Waals surface area contributed by atoms with Crippen LogP contribution in [0.4, 0.5) is 8.78 Å². The number of methoxy groups -OCH3 is 1. The van der Waals surface area contributed by atoms with Gasteiger partial charge in [-0.05, 0) is 30.9 Å². The minimum atomic E-state index is -0.732. The molecule has 0 N–H and O–H groups in total. The number of aryl methyl sites for hydroxylation is 1. The molecule has 0 saturated carbocycles. The van der Waals surface area contributed by atoms with Crippen LogP contribution in [-0.2, 0) is 13.0 Å². The summed E-state index contributed by atoms with van der Waals surface area (Å²) in [4.78, 5) is 43.2. The second-order valence-electron chi connectivity index (χ2n) is 8.54. The van der Waals surface area contributed by atoms with Crippen molar-refractivity contribution in [1.82, 2.24) is 14.4 Å². The number of nitrogens with zero attached hydrogens (tertiary/aromatic N) is 3. The first-order valence-electron chi connectivity index (χ1n) is 10.7. The molecule has 7 nitrogen and oxygen atoms in total. The van der Waals surface area contributed by atoms with E-state index in [1.807, 2.05) is 0 Å². The molecule has 5 rings (SSSR count). The molecule has 0 radical (unpaired) electrons. The highest BCUT2D eigenvalue weighted by Gasteiger charge is 2.48. The van der Waals surface area contributed by atoms with E-state index in [2.05, 4.69) is 4.90 Å². The van der Waals surface area contributed by atoms with Crippen LogP contribution in [0, 0.1) is 11.6 Å². The fourth-order valence-corrected chi connectivity index (χ4v) is 5.21. The maximum Gasteiger partial charge on any atom is 0.275 e. The number of aromatic nitrogens is 1. The van der Waals surface area contributed by atoms with E-state index >= 15 is 0 Å². The molecule has 0 unspecified atom stereocenters. The number of fused-ring (bicyclic) bond motifs is 4. The molecule has 32 heavy (non-hydrogen) atoms. The summed E-state index contributed by atoms with van der Waals surface area (Å²) >= 11 is 0. The fraction of sp³-hybridized carbons (Fsp3) is 0.435. The number of rotatable bonds is 5. The number of ether oxygens (including phenoxy) is 1. The SMILES string of the molecule is COc1c2n(cc(C(=O)CCc3ccc(F)cc3F)c1=O)C[C@@H]1N(C[C@H]3CCCN31)C2=O. The Kier molecular flexibility index (Phi) is 5.08. The third-order valence-corrected chi connectivity index (χ3v) is 6.78. The van der Waals surface area contributed by atoms with Gasteiger partial charge in [-0.15, -0.1) is 0 Å². The van der Waals surface area contributed by atoms with Crippen molar-refractivity contribution in [3.63, 3.8) is 0 Å². The van der Waals surface area contributed by atoms with Crippen LogP contribution in [0.15, 0.2) is 29.2 Å². The summed E-state index contributed by atoms with van der Waals surface area (Å²) in [7, 11) is 1.31. The van der Waals surface area contributed by atoms with Gasteiger partial charge in [-0.3, -0.25) is 19.3 Å². The van der Waals surface area contributed by atoms with Crippen molar-refractivity contribution >= 4 is 11.7 Å². The molecule has 0 spiro atoms. The van der Waals surface area contributed by atoms with Crippen molar-refractivity contribution in [2.45, 2.75) is 44.4 Å². The molecule has 1 amide bonds. The van der Waals surface area contributed by atoms with E-state index in [-0.39, 0.29) is 47.5 Å². The Morgan fingerprint density at radius 2 is 2.03 bits per heavy atom. The van der Waals surface area contributed by atoms with Crippen molar-refractivity contribution < 1.29 is 23.1 Å². The maximum atomic E-state index is 13.9. The van der Waals surface area contributed by atoms with E-state index in [1.54, 1.807) is 9.47 Å². The lowest BCUT2D eigenvalue weighted by molar-refractivity contribution is 0.0513. The van der Waals surface area contributed by atoms with Crippen LogP contribution in [0.1, 0.15) is 45.7 Å². The average molecular weight is 443 g/mol. The maximum absolute atomic E-state index is 13.9. The quantitative estimate of drug-likeness (QED) is 0.663. The lowest BCUT2D eigenvalue weighted by Crippen LogP contribution is -2.50. The van der Waals surface area contributed by atoms with Gasteiger partial charge in [-0.1, -0.05) is 6.07 Å². The van der Waals surface area contributed by atoms with Crippen molar-refractivity contribution in [1.29, 1.82) is 0 Å². The Morgan fingerprint density at radius 3 is 2.78 bits per heavy atom. The number of carbonyl (C=O) groups excluding carboxylic acids is 2. The Hall–Kier alpha value is -3.07. The van der Waals surface area contributed by atoms with Crippen LogP contribution < -0.4 is 10.2 Å². The predicted molar refractivity (Wildman–Crippen MR) is 111 cm³/mol. The minimum absolute atomic E-state index is 0.0270. The summed E-state index contributed by atoms with van der Waals surface area (Å²) < 4.78 is 34.0. The number of hydrogen-bond acceptors (Lipinski definition) is 5. The molecule has 2 atom stereocenters. The third-order valence-electron chi connectivity index (χ3n) is 6.78. The molecule has 0 bridgehead atoms. The first-order valence-corrected chi connectivity index (χ1v) is 10.7. The lowest BCUT2D eigenvalue weighted by Gasteiger charge is -2.36. The number of pyridine rings is 1. The first kappa shape index (κ1) is 20.8. The number of carbonyl (C=O) groups is 2. The largest absolute Gasteiger partial charge is 0.491 e. The molecule has 1 aromatic heterocycles. The van der Waals surface area contributed by atoms with Crippen LogP contribution in [0.3, 0.4) is 0 Å². The van der Waals surface area contributed by atoms with Crippen LogP contribution in [-0.4, -0.2) is 58.5 Å². The summed E-state index contributed by atoms with van der Waals surface area (Å²) in [6.45, 7) is 1.99. The number of halogens is 2. The number of Topliss-reactive ketones (excluding diaryl/α,β-unsaturated/α-hetero) is 1. The van der Waals surface area contributed by atoms with Gasteiger partial charge in [-0.2, -0.15) is 0 Å². The summed E-state index contributed by atoms with van der Waals surface area (Å²) in [5.41, 5.74) is -0.377. The van der Waals surface area contributed by atoms with E-state index < -0.39 is 22.8 Å². The van der Waals surface area contributed by atoms with Gasteiger partial charge in [0, 0.05) is 37.8 Å². The van der Waals surface area contributed by atoms with Gasteiger partial charge in [0.2, 0.25) is 5.43 Å². The molecule has 168 valence electrons. The molecule has 2 fully saturated rings. The van der Waals surface area contributed by atoms with E-state index in [9.17, 15) is 23.2 Å². The Labute approximate surface area is 183 Å². The van der Waals surface area contributed by atoms with E-state index in [1.165, 1.54) is 19.4 Å². The predicted octanol–water partition coefficient (Wildman–Crippen LogP) is 2.21. The summed E-state index contributed by atoms with van der Waals surface area (Å²) in [6, 6.07) is 3.51. The standard InChI is InChI=1S/C23H23F2N3O4/c1-32-22-20-23(31)28-10-15-3-2-8-27(15)19(28)12-26(20)11-16(21(22)30)18(29)7-5-13-4-6-14(24)9-17(13)25/h4,6,9,11,15,19H,2-3,5,7-8,10,12H2,1H3/t15-,19+/m1/s1. The number of benzene rings is 1. The molecular formula is C23H23F2N3O4. The smallest absolute Gasteiger partial charge is 0.275 e. The molecule has 0 aliphatic carbocycles. The highest BCUT2D eigenvalue weighted by Crippen LogP contribution is 2.35. The van der Waals surface area contributed by atoms with Gasteiger partial charge in [0.05, 0.1) is 19.2 Å². The highest BCUT2D eigenvalue weighted by molar-refractivity contribution is 6.00. The van der Waals surface area contributed by atoms with Crippen LogP contribution in [0.25, 0.3) is 0 Å². The lowest BCUT2D eigenvalue weighted by atomic mass is 10.0. The third kappa shape index (κ3) is 3.23. The minimum Gasteiger partial charge on any atom is -0.491 e. The van der Waals surface area contributed by atoms with Crippen molar-refractivity contribution in [3.05, 3.63) is 63.1 Å². The number of ketones is 1. The molecule has 3 aliphatic rings. The van der Waals surface area contributed by atoms with Crippen molar-refractivity contribution in [3.8, 4) is 5.75 Å². The van der Waals surface area contributed by atoms with E-state index in [0.717, 1.165) is 31.5 Å². The Balaban J connectivity index is 1.46. The number of amides is 1. The molecule has 3 aliphatic heterocycles. The van der Waals surface area contributed by atoms with Gasteiger partial charge < -0.3 is 14.2 Å². The zero-order valence-corrected chi connectivity index (χ0v) is 17.6. The topological polar surface area (TPSA) is 71.8 Å². The van der Waals surface area contributed by atoms with Crippen LogP contribution in [0.5, 0.6) is 5.75 Å². The van der Waals surface area contributed by atoms with Crippen molar-refractivity contribution in [2.75, 3.05) is 20.2 Å². The molecule has 2 saturated heterocycles. The van der Waals surface area contributed by atoms with E-state index in [0.29, 0.717) is 19.1 Å². The van der Waals surface area contributed by atoms with Gasteiger partial charge >= 0.3 is 0 Å². The monoisotopic (exact) mass is 443 g/mol. The highest BCUT2D eigenvalue weighted by atomic mass is 19.1. The number of hydrogen-bond donors (Lipinski definition) is 0. The van der Waals surface area contributed by atoms with Gasteiger partial charge in [0.1, 0.15) is 17.8 Å². The zero-order chi connectivity index (χ0) is 22.6. The van der Waals surface area contributed by atoms with Crippen LogP contribution in [0.2, 0.25) is 0 Å². The van der Waals surface area contributed by atoms with Crippen molar-refractivity contribution in [2.24, 2.45) is 0 Å². The molecule has 4 heterocycles. The molecule has 9 heteroatoms. The Morgan fingerprint density at radius 1 is 1.22 bits per heavy atom. The average Bonchev–Trinajstić information content (AvgIpc) is 3.35. The summed E-state index contributed by atoms with van der Waals surface area (Å²) in [5.74, 6) is -2.31. The molecular weight excluding hydrogens is 420 g/mol. The van der Waals surface area contributed by atoms with Crippen LogP contribution >= 0.6 is 0 Å². The summed E-state index contributed by atoms with van der Waals surface area (Å²) in [6.07, 6.45) is 3.35. The van der Waals surface area contributed by atoms with E-state index in [4.69, 9.17) is 4.74 Å². The van der Waals surface area contributed by atoms with Gasteiger partial charge in [0.15, 0.2) is 17.2 Å². The van der Waals surface area contributed by atoms with Gasteiger partial charge in [0.25, 0.3) is 5.91 Å². The van der Waals surface area contributed by atoms with Gasteiger partial charge in [-0.25, -0.2) is 8.78 Å². The summed E-state index contributed by atoms with van der Waals surface area (Å²) in [5, 5.41) is 0. The Bertz CT molecular complexity index is 1180. The normalized spacial score (nSPS) is 22.0. The molecule has 2 aromatic rings. The fourth-order valence-electron chi connectivity index (χ4n) is 5.21. The molecule has 1 aromatic carbocycles.